The van der Waals surface area contributed by atoms with Crippen molar-refractivity contribution < 1.29 is 4.74 Å². The van der Waals surface area contributed by atoms with Gasteiger partial charge in [0.25, 0.3) is 0 Å². The molecule has 0 aliphatic carbocycles. The highest BCUT2D eigenvalue weighted by Gasteiger charge is 2.05. The summed E-state index contributed by atoms with van der Waals surface area (Å²) in [5.74, 6) is 1.83. The second-order valence-electron chi connectivity index (χ2n) is 2.86. The third-order valence-corrected chi connectivity index (χ3v) is 2.58. The van der Waals surface area contributed by atoms with E-state index >= 15 is 0 Å². The van der Waals surface area contributed by atoms with E-state index in [1.807, 2.05) is 19.1 Å². The van der Waals surface area contributed by atoms with Crippen molar-refractivity contribution in [1.29, 1.82) is 0 Å². The molecule has 72 valence electrons. The fourth-order valence-electron chi connectivity index (χ4n) is 1.26. The summed E-state index contributed by atoms with van der Waals surface area (Å²) in [7, 11) is 1.65. The molecule has 0 radical (unpaired) electrons. The number of aryl methyl sites for hydroxylation is 1. The molecule has 0 bridgehead atoms. The summed E-state index contributed by atoms with van der Waals surface area (Å²) in [6.45, 7) is 1.99. The molecule has 0 aromatic heterocycles. The lowest BCUT2D eigenvalue weighted by molar-refractivity contribution is 0.411. The van der Waals surface area contributed by atoms with Gasteiger partial charge in [0.15, 0.2) is 0 Å². The van der Waals surface area contributed by atoms with E-state index in [4.69, 9.17) is 27.9 Å². The highest BCUT2D eigenvalue weighted by molar-refractivity contribution is 6.18. The molecular formula is C10H12Cl2O. The zero-order valence-electron chi connectivity index (χ0n) is 7.73. The lowest BCUT2D eigenvalue weighted by Gasteiger charge is -2.10. The molecule has 0 unspecified atom stereocenters. The van der Waals surface area contributed by atoms with Gasteiger partial charge in [0.05, 0.1) is 7.11 Å². The molecule has 0 amide bonds. The van der Waals surface area contributed by atoms with Crippen molar-refractivity contribution in [1.82, 2.24) is 0 Å². The average Bonchev–Trinajstić information content (AvgIpc) is 2.17. The Morgan fingerprint density at radius 1 is 1.15 bits per heavy atom. The summed E-state index contributed by atoms with van der Waals surface area (Å²) in [6, 6.07) is 3.96. The quantitative estimate of drug-likeness (QED) is 0.707. The molecule has 0 N–H and O–H groups in total. The van der Waals surface area contributed by atoms with Gasteiger partial charge in [0, 0.05) is 11.8 Å². The number of halogens is 2. The minimum atomic E-state index is 0.471. The monoisotopic (exact) mass is 218 g/mol. The van der Waals surface area contributed by atoms with Crippen molar-refractivity contribution in [3.8, 4) is 5.75 Å². The number of hydrogen-bond acceptors (Lipinski definition) is 1. The SMILES string of the molecule is COc1cc(CCl)c(CCl)cc1C. The summed E-state index contributed by atoms with van der Waals surface area (Å²) in [5, 5.41) is 0. The number of rotatable bonds is 3. The first-order valence-corrected chi connectivity index (χ1v) is 5.08. The standard InChI is InChI=1S/C10H12Cl2O/c1-7-3-8(5-11)9(6-12)4-10(7)13-2/h3-4H,5-6H2,1-2H3. The Labute approximate surface area is 88.6 Å². The third kappa shape index (κ3) is 2.29. The summed E-state index contributed by atoms with van der Waals surface area (Å²) >= 11 is 11.6. The Morgan fingerprint density at radius 3 is 2.15 bits per heavy atom. The fourth-order valence-corrected chi connectivity index (χ4v) is 1.76. The number of methoxy groups -OCH3 is 1. The van der Waals surface area contributed by atoms with Gasteiger partial charge in [-0.2, -0.15) is 0 Å². The van der Waals surface area contributed by atoms with Gasteiger partial charge in [0.1, 0.15) is 5.75 Å². The van der Waals surface area contributed by atoms with Crippen LogP contribution < -0.4 is 4.74 Å². The fraction of sp³-hybridized carbons (Fsp3) is 0.400. The largest absolute Gasteiger partial charge is 0.496 e. The molecule has 0 atom stereocenters. The zero-order chi connectivity index (χ0) is 9.84. The highest BCUT2D eigenvalue weighted by Crippen LogP contribution is 2.25. The minimum Gasteiger partial charge on any atom is -0.496 e. The number of alkyl halides is 2. The maximum Gasteiger partial charge on any atom is 0.122 e. The summed E-state index contributed by atoms with van der Waals surface area (Å²) in [6.07, 6.45) is 0. The van der Waals surface area contributed by atoms with Crippen LogP contribution in [0.4, 0.5) is 0 Å². The van der Waals surface area contributed by atoms with Gasteiger partial charge >= 0.3 is 0 Å². The van der Waals surface area contributed by atoms with E-state index in [1.54, 1.807) is 7.11 Å². The normalized spacial score (nSPS) is 10.2. The molecule has 0 saturated carbocycles. The average molecular weight is 219 g/mol. The van der Waals surface area contributed by atoms with Crippen LogP contribution in [0, 0.1) is 6.92 Å². The number of ether oxygens (including phenoxy) is 1. The molecule has 0 saturated heterocycles. The molecule has 0 aliphatic heterocycles. The van der Waals surface area contributed by atoms with E-state index in [-0.39, 0.29) is 0 Å². The predicted molar refractivity (Wildman–Crippen MR) is 56.8 cm³/mol. The van der Waals surface area contributed by atoms with Gasteiger partial charge < -0.3 is 4.74 Å². The van der Waals surface area contributed by atoms with Gasteiger partial charge in [-0.15, -0.1) is 23.2 Å². The van der Waals surface area contributed by atoms with Crippen molar-refractivity contribution in [2.45, 2.75) is 18.7 Å². The van der Waals surface area contributed by atoms with Crippen molar-refractivity contribution >= 4 is 23.2 Å². The predicted octanol–water partition coefficient (Wildman–Crippen LogP) is 3.48. The first kappa shape index (κ1) is 10.7. The molecule has 0 fully saturated rings. The summed E-state index contributed by atoms with van der Waals surface area (Å²) in [4.78, 5) is 0. The minimum absolute atomic E-state index is 0.471. The summed E-state index contributed by atoms with van der Waals surface area (Å²) < 4.78 is 5.19. The van der Waals surface area contributed by atoms with Crippen LogP contribution in [-0.2, 0) is 11.8 Å². The molecule has 1 aromatic rings. The second kappa shape index (κ2) is 4.73. The Hall–Kier alpha value is -0.400. The Balaban J connectivity index is 3.18. The molecule has 0 aliphatic rings. The van der Waals surface area contributed by atoms with Crippen LogP contribution in [-0.4, -0.2) is 7.11 Å². The molecule has 1 nitrogen and oxygen atoms in total. The van der Waals surface area contributed by atoms with Crippen LogP contribution in [0.5, 0.6) is 5.75 Å². The van der Waals surface area contributed by atoms with Gasteiger partial charge in [-0.05, 0) is 29.7 Å². The molecule has 0 spiro atoms. The van der Waals surface area contributed by atoms with E-state index in [9.17, 15) is 0 Å². The smallest absolute Gasteiger partial charge is 0.122 e. The number of benzene rings is 1. The number of hydrogen-bond donors (Lipinski definition) is 0. The topological polar surface area (TPSA) is 9.23 Å². The maximum atomic E-state index is 5.78. The first-order valence-electron chi connectivity index (χ1n) is 4.01. The molecule has 1 aromatic carbocycles. The van der Waals surface area contributed by atoms with Crippen molar-refractivity contribution in [3.63, 3.8) is 0 Å². The maximum absolute atomic E-state index is 5.78. The second-order valence-corrected chi connectivity index (χ2v) is 3.39. The Kier molecular flexibility index (Phi) is 3.89. The highest BCUT2D eigenvalue weighted by atomic mass is 35.5. The van der Waals surface area contributed by atoms with Crippen molar-refractivity contribution in [2.24, 2.45) is 0 Å². The van der Waals surface area contributed by atoms with Crippen LogP contribution >= 0.6 is 23.2 Å². The molecule has 1 rings (SSSR count). The van der Waals surface area contributed by atoms with Crippen LogP contribution in [0.25, 0.3) is 0 Å². The van der Waals surface area contributed by atoms with E-state index in [0.29, 0.717) is 11.8 Å². The molecule has 3 heteroatoms. The van der Waals surface area contributed by atoms with E-state index in [1.165, 1.54) is 0 Å². The van der Waals surface area contributed by atoms with Gasteiger partial charge in [-0.1, -0.05) is 6.07 Å². The Morgan fingerprint density at radius 2 is 1.69 bits per heavy atom. The van der Waals surface area contributed by atoms with E-state index < -0.39 is 0 Å². The van der Waals surface area contributed by atoms with Crippen LogP contribution in [0.1, 0.15) is 16.7 Å². The van der Waals surface area contributed by atoms with E-state index in [2.05, 4.69) is 0 Å². The van der Waals surface area contributed by atoms with Crippen molar-refractivity contribution in [3.05, 3.63) is 28.8 Å². The summed E-state index contributed by atoms with van der Waals surface area (Å²) in [5.41, 5.74) is 3.21. The van der Waals surface area contributed by atoms with E-state index in [0.717, 1.165) is 22.4 Å². The van der Waals surface area contributed by atoms with Gasteiger partial charge in [0.2, 0.25) is 0 Å². The van der Waals surface area contributed by atoms with Gasteiger partial charge in [-0.3, -0.25) is 0 Å². The van der Waals surface area contributed by atoms with Crippen LogP contribution in [0.3, 0.4) is 0 Å². The zero-order valence-corrected chi connectivity index (χ0v) is 9.24. The lowest BCUT2D eigenvalue weighted by atomic mass is 10.1. The third-order valence-electron chi connectivity index (χ3n) is 2.01. The van der Waals surface area contributed by atoms with Gasteiger partial charge in [-0.25, -0.2) is 0 Å². The molecule has 0 heterocycles. The van der Waals surface area contributed by atoms with Crippen molar-refractivity contribution in [2.75, 3.05) is 7.11 Å². The van der Waals surface area contributed by atoms with Crippen LogP contribution in [0.2, 0.25) is 0 Å². The Bertz CT molecular complexity index is 297. The van der Waals surface area contributed by atoms with Crippen LogP contribution in [0.15, 0.2) is 12.1 Å². The molecular weight excluding hydrogens is 207 g/mol. The lowest BCUT2D eigenvalue weighted by Crippen LogP contribution is -1.94. The first-order chi connectivity index (χ1) is 6.22. The molecule has 13 heavy (non-hydrogen) atoms.